The standard InChI is InChI=1S/C14H17NO2/c1-14(2)8-10(14)12-13(17-12)11(15-16)9-6-4-3-5-7-9/h3-7,10,12-13,16H,8H2,1-2H3/b15-11+. The molecule has 3 heteroatoms. The van der Waals surface area contributed by atoms with E-state index in [1.807, 2.05) is 30.3 Å². The van der Waals surface area contributed by atoms with Gasteiger partial charge in [-0.25, -0.2) is 0 Å². The first-order chi connectivity index (χ1) is 8.13. The highest BCUT2D eigenvalue weighted by Gasteiger charge is 2.61. The van der Waals surface area contributed by atoms with Gasteiger partial charge in [-0.3, -0.25) is 0 Å². The van der Waals surface area contributed by atoms with Crippen LogP contribution in [0.3, 0.4) is 0 Å². The first-order valence-electron chi connectivity index (χ1n) is 6.06. The molecule has 3 nitrogen and oxygen atoms in total. The van der Waals surface area contributed by atoms with Gasteiger partial charge in [0.2, 0.25) is 0 Å². The van der Waals surface area contributed by atoms with Crippen molar-refractivity contribution >= 4 is 5.71 Å². The first kappa shape index (κ1) is 10.8. The van der Waals surface area contributed by atoms with Gasteiger partial charge in [-0.1, -0.05) is 49.3 Å². The number of hydrogen-bond donors (Lipinski definition) is 1. The summed E-state index contributed by atoms with van der Waals surface area (Å²) in [7, 11) is 0. The van der Waals surface area contributed by atoms with Gasteiger partial charge in [0, 0.05) is 5.56 Å². The summed E-state index contributed by atoms with van der Waals surface area (Å²) in [5, 5.41) is 12.6. The van der Waals surface area contributed by atoms with Crippen molar-refractivity contribution in [1.82, 2.24) is 0 Å². The van der Waals surface area contributed by atoms with Crippen LogP contribution >= 0.6 is 0 Å². The van der Waals surface area contributed by atoms with Gasteiger partial charge in [-0.15, -0.1) is 0 Å². The Kier molecular flexibility index (Phi) is 2.26. The van der Waals surface area contributed by atoms with E-state index in [1.54, 1.807) is 0 Å². The highest BCUT2D eigenvalue weighted by Crippen LogP contribution is 2.59. The average Bonchev–Trinajstić information content (AvgIpc) is 3.19. The Balaban J connectivity index is 1.74. The smallest absolute Gasteiger partial charge is 0.130 e. The zero-order chi connectivity index (χ0) is 12.0. The van der Waals surface area contributed by atoms with Gasteiger partial charge < -0.3 is 9.94 Å². The van der Waals surface area contributed by atoms with Crippen LogP contribution in [0.1, 0.15) is 25.8 Å². The molecule has 1 saturated heterocycles. The first-order valence-corrected chi connectivity index (χ1v) is 6.06. The molecule has 2 aliphatic rings. The minimum Gasteiger partial charge on any atom is -0.411 e. The van der Waals surface area contributed by atoms with Crippen molar-refractivity contribution in [2.24, 2.45) is 16.5 Å². The van der Waals surface area contributed by atoms with Gasteiger partial charge >= 0.3 is 0 Å². The number of ether oxygens (including phenoxy) is 1. The molecule has 17 heavy (non-hydrogen) atoms. The van der Waals surface area contributed by atoms with E-state index in [4.69, 9.17) is 9.94 Å². The lowest BCUT2D eigenvalue weighted by atomic mass is 10.0. The average molecular weight is 231 g/mol. The van der Waals surface area contributed by atoms with Crippen molar-refractivity contribution in [1.29, 1.82) is 0 Å². The molecular weight excluding hydrogens is 214 g/mol. The monoisotopic (exact) mass is 231 g/mol. The Hall–Kier alpha value is -1.35. The van der Waals surface area contributed by atoms with Crippen molar-refractivity contribution in [2.75, 3.05) is 0 Å². The van der Waals surface area contributed by atoms with Gasteiger partial charge in [0.05, 0.1) is 6.10 Å². The number of rotatable bonds is 3. The Labute approximate surface area is 101 Å². The minimum atomic E-state index is -0.0193. The van der Waals surface area contributed by atoms with Crippen molar-refractivity contribution in [2.45, 2.75) is 32.5 Å². The van der Waals surface area contributed by atoms with Crippen molar-refractivity contribution in [3.63, 3.8) is 0 Å². The van der Waals surface area contributed by atoms with Crippen LogP contribution in [0.25, 0.3) is 0 Å². The van der Waals surface area contributed by atoms with E-state index in [2.05, 4.69) is 19.0 Å². The van der Waals surface area contributed by atoms with Gasteiger partial charge in [-0.05, 0) is 17.8 Å². The van der Waals surface area contributed by atoms with E-state index < -0.39 is 0 Å². The molecule has 1 saturated carbocycles. The summed E-state index contributed by atoms with van der Waals surface area (Å²) in [4.78, 5) is 0. The zero-order valence-corrected chi connectivity index (χ0v) is 10.1. The third-order valence-corrected chi connectivity index (χ3v) is 3.96. The molecule has 1 heterocycles. The summed E-state index contributed by atoms with van der Waals surface area (Å²) in [5.74, 6) is 0.618. The second kappa shape index (κ2) is 3.57. The minimum absolute atomic E-state index is 0.0193. The van der Waals surface area contributed by atoms with Crippen LogP contribution in [0.5, 0.6) is 0 Å². The van der Waals surface area contributed by atoms with Crippen LogP contribution in [0.15, 0.2) is 35.5 Å². The summed E-state index contributed by atoms with van der Waals surface area (Å²) in [6, 6.07) is 9.74. The quantitative estimate of drug-likeness (QED) is 0.376. The maximum atomic E-state index is 9.15. The van der Waals surface area contributed by atoms with E-state index in [0.29, 0.717) is 17.0 Å². The summed E-state index contributed by atoms with van der Waals surface area (Å²) in [5.41, 5.74) is 2.01. The molecule has 1 N–H and O–H groups in total. The highest BCUT2D eigenvalue weighted by molar-refractivity contribution is 6.05. The van der Waals surface area contributed by atoms with Crippen LogP contribution in [-0.4, -0.2) is 23.1 Å². The number of hydrogen-bond acceptors (Lipinski definition) is 3. The Bertz CT molecular complexity index is 453. The van der Waals surface area contributed by atoms with Gasteiger partial charge in [0.15, 0.2) is 0 Å². The number of benzene rings is 1. The van der Waals surface area contributed by atoms with Crippen molar-refractivity contribution in [3.05, 3.63) is 35.9 Å². The molecule has 1 aliphatic carbocycles. The fraction of sp³-hybridized carbons (Fsp3) is 0.500. The Morgan fingerprint density at radius 1 is 1.35 bits per heavy atom. The molecule has 90 valence electrons. The maximum Gasteiger partial charge on any atom is 0.130 e. The van der Waals surface area contributed by atoms with Crippen LogP contribution in [0.4, 0.5) is 0 Å². The molecule has 2 fully saturated rings. The topological polar surface area (TPSA) is 45.1 Å². The third-order valence-electron chi connectivity index (χ3n) is 3.96. The van der Waals surface area contributed by atoms with Gasteiger partial charge in [0.25, 0.3) is 0 Å². The number of nitrogens with zero attached hydrogens (tertiary/aromatic N) is 1. The third kappa shape index (κ3) is 1.84. The molecular formula is C14H17NO2. The molecule has 1 aliphatic heterocycles. The van der Waals surface area contributed by atoms with Crippen LogP contribution < -0.4 is 0 Å². The molecule has 0 radical (unpaired) electrons. The summed E-state index contributed by atoms with van der Waals surface area (Å²) in [6.45, 7) is 4.52. The molecule has 3 atom stereocenters. The Morgan fingerprint density at radius 2 is 2.00 bits per heavy atom. The van der Waals surface area contributed by atoms with E-state index in [0.717, 1.165) is 5.56 Å². The SMILES string of the molecule is CC1(C)CC1C1OC1/C(=N/O)c1ccccc1. The molecule has 3 unspecified atom stereocenters. The van der Waals surface area contributed by atoms with Crippen molar-refractivity contribution < 1.29 is 9.94 Å². The number of oxime groups is 1. The van der Waals surface area contributed by atoms with E-state index in [1.165, 1.54) is 6.42 Å². The highest BCUT2D eigenvalue weighted by atomic mass is 16.6. The Morgan fingerprint density at radius 3 is 2.53 bits per heavy atom. The summed E-state index contributed by atoms with van der Waals surface area (Å²) < 4.78 is 5.69. The molecule has 3 rings (SSSR count). The lowest BCUT2D eigenvalue weighted by Crippen LogP contribution is -2.14. The van der Waals surface area contributed by atoms with Gasteiger partial charge in [-0.2, -0.15) is 0 Å². The fourth-order valence-electron chi connectivity index (χ4n) is 2.61. The predicted octanol–water partition coefficient (Wildman–Crippen LogP) is 2.68. The van der Waals surface area contributed by atoms with Crippen molar-refractivity contribution in [3.8, 4) is 0 Å². The van der Waals surface area contributed by atoms with Crippen LogP contribution in [0.2, 0.25) is 0 Å². The largest absolute Gasteiger partial charge is 0.411 e. The molecule has 0 aromatic heterocycles. The van der Waals surface area contributed by atoms with E-state index in [9.17, 15) is 0 Å². The van der Waals surface area contributed by atoms with Crippen LogP contribution in [-0.2, 0) is 4.74 Å². The summed E-state index contributed by atoms with van der Waals surface area (Å²) >= 11 is 0. The predicted molar refractivity (Wildman–Crippen MR) is 65.3 cm³/mol. The molecule has 1 aromatic rings. The van der Waals surface area contributed by atoms with E-state index in [-0.39, 0.29) is 12.2 Å². The lowest BCUT2D eigenvalue weighted by molar-refractivity contribution is 0.313. The maximum absolute atomic E-state index is 9.15. The second-order valence-electron chi connectivity index (χ2n) is 5.67. The molecule has 0 bridgehead atoms. The van der Waals surface area contributed by atoms with E-state index >= 15 is 0 Å². The number of epoxide rings is 1. The molecule has 0 amide bonds. The lowest BCUT2D eigenvalue weighted by Gasteiger charge is -2.01. The fourth-order valence-corrected chi connectivity index (χ4v) is 2.61. The molecule has 0 spiro atoms. The molecule has 1 aromatic carbocycles. The zero-order valence-electron chi connectivity index (χ0n) is 10.1. The van der Waals surface area contributed by atoms with Gasteiger partial charge in [0.1, 0.15) is 11.8 Å². The second-order valence-corrected chi connectivity index (χ2v) is 5.67. The summed E-state index contributed by atoms with van der Waals surface area (Å²) in [6.07, 6.45) is 1.44. The van der Waals surface area contributed by atoms with Crippen LogP contribution in [0, 0.1) is 11.3 Å². The normalized spacial score (nSPS) is 34.5.